The van der Waals surface area contributed by atoms with Crippen molar-refractivity contribution in [1.82, 2.24) is 0 Å². The third-order valence-corrected chi connectivity index (χ3v) is 6.29. The summed E-state index contributed by atoms with van der Waals surface area (Å²) < 4.78 is 17.8. The zero-order valence-electron chi connectivity index (χ0n) is 19.6. The van der Waals surface area contributed by atoms with Gasteiger partial charge in [0.1, 0.15) is 24.0 Å². The summed E-state index contributed by atoms with van der Waals surface area (Å²) in [7, 11) is 1.55. The van der Waals surface area contributed by atoms with Gasteiger partial charge in [-0.3, -0.25) is 4.79 Å². The number of carbonyl (C=O) groups excluding carboxylic acids is 1. The van der Waals surface area contributed by atoms with Crippen LogP contribution in [0.2, 0.25) is 10.0 Å². The van der Waals surface area contributed by atoms with Gasteiger partial charge >= 0.3 is 0 Å². The summed E-state index contributed by atoms with van der Waals surface area (Å²) in [6.07, 6.45) is 2.38. The van der Waals surface area contributed by atoms with Crippen molar-refractivity contribution in [3.63, 3.8) is 0 Å². The van der Waals surface area contributed by atoms with E-state index in [9.17, 15) is 10.1 Å². The largest absolute Gasteiger partial charge is 0.493 e. The van der Waals surface area contributed by atoms with E-state index in [2.05, 4.69) is 27.9 Å². The molecule has 0 saturated heterocycles. The van der Waals surface area contributed by atoms with Crippen LogP contribution in [0.1, 0.15) is 24.5 Å². The van der Waals surface area contributed by atoms with Gasteiger partial charge in [-0.25, -0.2) is 0 Å². The van der Waals surface area contributed by atoms with E-state index >= 15 is 0 Å². The van der Waals surface area contributed by atoms with Gasteiger partial charge in [0.2, 0.25) is 0 Å². The van der Waals surface area contributed by atoms with E-state index in [1.807, 2.05) is 19.1 Å². The van der Waals surface area contributed by atoms with Gasteiger partial charge < -0.3 is 19.5 Å². The van der Waals surface area contributed by atoms with Crippen LogP contribution in [-0.2, 0) is 11.4 Å². The van der Waals surface area contributed by atoms with Crippen molar-refractivity contribution in [2.24, 2.45) is 0 Å². The molecule has 0 spiro atoms. The molecule has 0 atom stereocenters. The monoisotopic (exact) mass is 636 g/mol. The van der Waals surface area contributed by atoms with Crippen LogP contribution in [0.5, 0.6) is 17.2 Å². The highest BCUT2D eigenvalue weighted by Gasteiger charge is 2.14. The molecule has 6 nitrogen and oxygen atoms in total. The molecule has 3 rings (SSSR count). The van der Waals surface area contributed by atoms with Crippen LogP contribution in [-0.4, -0.2) is 19.6 Å². The molecule has 0 aliphatic heterocycles. The van der Waals surface area contributed by atoms with Gasteiger partial charge in [0.05, 0.1) is 17.3 Å². The molecule has 0 fully saturated rings. The predicted octanol–water partition coefficient (Wildman–Crippen LogP) is 7.52. The third-order valence-electron chi connectivity index (χ3n) is 4.90. The number of carbonyl (C=O) groups is 1. The van der Waals surface area contributed by atoms with Gasteiger partial charge in [0.15, 0.2) is 11.5 Å². The molecule has 0 radical (unpaired) electrons. The first kappa shape index (κ1) is 27.7. The standard InChI is InChI=1S/C27H23Cl2IN2O4/c1-3-10-35-26-24(30)12-17(13-25(26)34-2)11-19(15-31)27(33)32-21-6-8-22(9-7-21)36-16-18-4-5-20(28)14-23(18)29/h4-9,11-14H,3,10,16H2,1-2H3,(H,32,33)/b19-11+. The number of amides is 1. The van der Waals surface area contributed by atoms with Crippen LogP contribution in [0.15, 0.2) is 60.2 Å². The van der Waals surface area contributed by atoms with E-state index < -0.39 is 5.91 Å². The minimum atomic E-state index is -0.528. The molecule has 3 aromatic rings. The molecule has 0 unspecified atom stereocenters. The van der Waals surface area contributed by atoms with Gasteiger partial charge in [-0.1, -0.05) is 36.2 Å². The molecule has 9 heteroatoms. The maximum atomic E-state index is 12.7. The Bertz CT molecular complexity index is 1300. The lowest BCUT2D eigenvalue weighted by Crippen LogP contribution is -2.13. The summed E-state index contributed by atoms with van der Waals surface area (Å²) in [6, 6.07) is 17.6. The number of benzene rings is 3. The molecule has 0 aliphatic carbocycles. The molecule has 0 aromatic heterocycles. The Morgan fingerprint density at radius 3 is 2.50 bits per heavy atom. The Morgan fingerprint density at radius 2 is 1.86 bits per heavy atom. The van der Waals surface area contributed by atoms with Gasteiger partial charge in [-0.05, 0) is 89.2 Å². The number of methoxy groups -OCH3 is 1. The summed E-state index contributed by atoms with van der Waals surface area (Å²) in [4.78, 5) is 12.7. The molecule has 0 aliphatic rings. The van der Waals surface area contributed by atoms with Crippen LogP contribution >= 0.6 is 45.8 Å². The van der Waals surface area contributed by atoms with Gasteiger partial charge in [0, 0.05) is 21.3 Å². The molecule has 0 bridgehead atoms. The SMILES string of the molecule is CCCOc1c(I)cc(/C=C(\C#N)C(=O)Nc2ccc(OCc3ccc(Cl)cc3Cl)cc2)cc1OC. The highest BCUT2D eigenvalue weighted by Crippen LogP contribution is 2.35. The van der Waals surface area contributed by atoms with Gasteiger partial charge in [-0.15, -0.1) is 0 Å². The summed E-state index contributed by atoms with van der Waals surface area (Å²) in [5.74, 6) is 1.25. The van der Waals surface area contributed by atoms with E-state index in [1.54, 1.807) is 55.6 Å². The van der Waals surface area contributed by atoms with Gasteiger partial charge in [0.25, 0.3) is 5.91 Å². The minimum absolute atomic E-state index is 0.0483. The fraction of sp³-hybridized carbons (Fsp3) is 0.185. The number of hydrogen-bond donors (Lipinski definition) is 1. The lowest BCUT2D eigenvalue weighted by atomic mass is 10.1. The van der Waals surface area contributed by atoms with Crippen molar-refractivity contribution in [2.75, 3.05) is 19.0 Å². The van der Waals surface area contributed by atoms with E-state index in [4.69, 9.17) is 37.4 Å². The summed E-state index contributed by atoms with van der Waals surface area (Å²) >= 11 is 14.2. The molecular formula is C27H23Cl2IN2O4. The van der Waals surface area contributed by atoms with Crippen LogP contribution in [0.3, 0.4) is 0 Å². The van der Waals surface area contributed by atoms with Crippen molar-refractivity contribution in [3.05, 3.63) is 84.9 Å². The Balaban J connectivity index is 1.68. The van der Waals surface area contributed by atoms with Crippen molar-refractivity contribution >= 4 is 63.5 Å². The van der Waals surface area contributed by atoms with Crippen LogP contribution in [0.4, 0.5) is 5.69 Å². The first-order valence-electron chi connectivity index (χ1n) is 10.9. The van der Waals surface area contributed by atoms with Crippen LogP contribution < -0.4 is 19.5 Å². The van der Waals surface area contributed by atoms with Crippen molar-refractivity contribution in [1.29, 1.82) is 5.26 Å². The maximum Gasteiger partial charge on any atom is 0.266 e. The van der Waals surface area contributed by atoms with E-state index in [-0.39, 0.29) is 12.2 Å². The molecule has 186 valence electrons. The summed E-state index contributed by atoms with van der Waals surface area (Å²) in [5.41, 5.74) is 1.93. The number of nitrogens with zero attached hydrogens (tertiary/aromatic N) is 1. The fourth-order valence-corrected chi connectivity index (χ4v) is 4.36. The zero-order chi connectivity index (χ0) is 26.1. The third kappa shape index (κ3) is 7.53. The Hall–Kier alpha value is -2.93. The number of nitrogens with one attached hydrogen (secondary N) is 1. The highest BCUT2D eigenvalue weighted by atomic mass is 127. The average molecular weight is 637 g/mol. The summed E-state index contributed by atoms with van der Waals surface area (Å²) in [5, 5.41) is 13.4. The topological polar surface area (TPSA) is 80.6 Å². The van der Waals surface area contributed by atoms with E-state index in [0.29, 0.717) is 45.2 Å². The number of halogens is 3. The van der Waals surface area contributed by atoms with E-state index in [0.717, 1.165) is 15.6 Å². The molecule has 0 saturated carbocycles. The second-order valence-corrected chi connectivity index (χ2v) is 9.56. The normalized spacial score (nSPS) is 10.9. The molecular weight excluding hydrogens is 614 g/mol. The predicted molar refractivity (Wildman–Crippen MR) is 151 cm³/mol. The number of hydrogen-bond acceptors (Lipinski definition) is 5. The summed E-state index contributed by atoms with van der Waals surface area (Å²) in [6.45, 7) is 2.85. The number of rotatable bonds is 10. The molecule has 0 heterocycles. The number of ether oxygens (including phenoxy) is 3. The minimum Gasteiger partial charge on any atom is -0.493 e. The molecule has 36 heavy (non-hydrogen) atoms. The first-order chi connectivity index (χ1) is 17.3. The Labute approximate surface area is 233 Å². The maximum absolute atomic E-state index is 12.7. The lowest BCUT2D eigenvalue weighted by Gasteiger charge is -2.13. The van der Waals surface area contributed by atoms with Crippen molar-refractivity contribution in [3.8, 4) is 23.3 Å². The average Bonchev–Trinajstić information content (AvgIpc) is 2.86. The van der Waals surface area contributed by atoms with Gasteiger partial charge in [-0.2, -0.15) is 5.26 Å². The number of nitriles is 1. The zero-order valence-corrected chi connectivity index (χ0v) is 23.3. The van der Waals surface area contributed by atoms with E-state index in [1.165, 1.54) is 6.08 Å². The highest BCUT2D eigenvalue weighted by molar-refractivity contribution is 14.1. The molecule has 1 amide bonds. The second-order valence-electron chi connectivity index (χ2n) is 7.56. The number of anilines is 1. The first-order valence-corrected chi connectivity index (χ1v) is 12.8. The van der Waals surface area contributed by atoms with Crippen molar-refractivity contribution in [2.45, 2.75) is 20.0 Å². The second kappa shape index (κ2) is 13.4. The molecule has 1 N–H and O–H groups in total. The Morgan fingerprint density at radius 1 is 1.11 bits per heavy atom. The van der Waals surface area contributed by atoms with Crippen LogP contribution in [0.25, 0.3) is 6.08 Å². The van der Waals surface area contributed by atoms with Crippen LogP contribution in [0, 0.1) is 14.9 Å². The smallest absolute Gasteiger partial charge is 0.266 e. The fourth-order valence-electron chi connectivity index (χ4n) is 3.12. The quantitative estimate of drug-likeness (QED) is 0.141. The van der Waals surface area contributed by atoms with Crippen molar-refractivity contribution < 1.29 is 19.0 Å². The molecule has 3 aromatic carbocycles. The Kier molecular flexibility index (Phi) is 10.3. The lowest BCUT2D eigenvalue weighted by molar-refractivity contribution is -0.112.